The van der Waals surface area contributed by atoms with Crippen LogP contribution in [0.25, 0.3) is 0 Å². The van der Waals surface area contributed by atoms with E-state index in [2.05, 4.69) is 15.5 Å². The molecule has 0 aromatic carbocycles. The minimum atomic E-state index is -0.118. The third-order valence-electron chi connectivity index (χ3n) is 3.69. The topological polar surface area (TPSA) is 64.7 Å². The van der Waals surface area contributed by atoms with Gasteiger partial charge in [0.05, 0.1) is 16.4 Å². The van der Waals surface area contributed by atoms with E-state index in [0.29, 0.717) is 23.3 Å². The first-order valence-electron chi connectivity index (χ1n) is 7.05. The van der Waals surface area contributed by atoms with Crippen LogP contribution in [0.5, 0.6) is 0 Å². The highest BCUT2D eigenvalue weighted by atomic mass is 35.5. The maximum atomic E-state index is 11.9. The monoisotopic (exact) mass is 307 g/mol. The fourth-order valence-electron chi connectivity index (χ4n) is 2.16. The Balaban J connectivity index is 1.66. The molecule has 2 aromatic rings. The average Bonchev–Trinajstić information content (AvgIpc) is 3.13. The summed E-state index contributed by atoms with van der Waals surface area (Å²) < 4.78 is 3.46. The molecule has 1 saturated carbocycles. The number of nitrogens with one attached hydrogen (secondary N) is 1. The van der Waals surface area contributed by atoms with Gasteiger partial charge in [-0.25, -0.2) is 4.68 Å². The van der Waals surface area contributed by atoms with Gasteiger partial charge in [0.1, 0.15) is 12.4 Å². The number of aryl methyl sites for hydroxylation is 1. The van der Waals surface area contributed by atoms with Gasteiger partial charge in [-0.1, -0.05) is 11.6 Å². The van der Waals surface area contributed by atoms with Crippen molar-refractivity contribution in [1.29, 1.82) is 0 Å². The lowest BCUT2D eigenvalue weighted by atomic mass is 10.3. The van der Waals surface area contributed by atoms with Gasteiger partial charge in [0.15, 0.2) is 0 Å². The number of carbonyl (C=O) groups excluding carboxylic acids is 1. The van der Waals surface area contributed by atoms with Crippen molar-refractivity contribution in [1.82, 2.24) is 24.9 Å². The zero-order chi connectivity index (χ0) is 15.0. The maximum absolute atomic E-state index is 11.9. The number of hydrogen-bond donors (Lipinski definition) is 1. The van der Waals surface area contributed by atoms with E-state index in [0.717, 1.165) is 17.9 Å². The van der Waals surface area contributed by atoms with Crippen LogP contribution in [-0.4, -0.2) is 32.0 Å². The van der Waals surface area contributed by atoms with Gasteiger partial charge in [0.2, 0.25) is 0 Å². The van der Waals surface area contributed by atoms with E-state index in [1.165, 1.54) is 12.8 Å². The molecule has 7 heteroatoms. The maximum Gasteiger partial charge on any atom is 0.271 e. The second-order valence-electron chi connectivity index (χ2n) is 5.52. The molecule has 0 saturated heterocycles. The Kier molecular flexibility index (Phi) is 3.71. The summed E-state index contributed by atoms with van der Waals surface area (Å²) >= 11 is 6.12. The molecule has 0 bridgehead atoms. The largest absolute Gasteiger partial charge is 0.350 e. The first-order chi connectivity index (χ1) is 10.0. The van der Waals surface area contributed by atoms with Gasteiger partial charge in [0, 0.05) is 12.7 Å². The Morgan fingerprint density at radius 3 is 2.81 bits per heavy atom. The van der Waals surface area contributed by atoms with E-state index in [-0.39, 0.29) is 5.91 Å². The predicted octanol–water partition coefficient (Wildman–Crippen LogP) is 2.00. The SMILES string of the molecule is Cc1nn(Cn2ccc(C(=O)NCC3CC3)n2)c(C)c1Cl. The lowest BCUT2D eigenvalue weighted by Gasteiger charge is -2.04. The molecule has 112 valence electrons. The minimum absolute atomic E-state index is 0.118. The molecule has 21 heavy (non-hydrogen) atoms. The summed E-state index contributed by atoms with van der Waals surface area (Å²) in [5, 5.41) is 12.2. The lowest BCUT2D eigenvalue weighted by molar-refractivity contribution is 0.0946. The minimum Gasteiger partial charge on any atom is -0.350 e. The van der Waals surface area contributed by atoms with Crippen LogP contribution in [0.2, 0.25) is 5.02 Å². The molecule has 1 aliphatic carbocycles. The molecule has 2 aromatic heterocycles. The van der Waals surface area contributed by atoms with Crippen LogP contribution in [-0.2, 0) is 6.67 Å². The molecule has 0 aliphatic heterocycles. The fourth-order valence-corrected chi connectivity index (χ4v) is 2.30. The van der Waals surface area contributed by atoms with Gasteiger partial charge in [-0.15, -0.1) is 0 Å². The molecule has 6 nitrogen and oxygen atoms in total. The average molecular weight is 308 g/mol. The van der Waals surface area contributed by atoms with Crippen LogP contribution in [0.15, 0.2) is 12.3 Å². The van der Waals surface area contributed by atoms with Crippen molar-refractivity contribution in [3.63, 3.8) is 0 Å². The number of nitrogens with zero attached hydrogens (tertiary/aromatic N) is 4. The van der Waals surface area contributed by atoms with Crippen LogP contribution in [0.4, 0.5) is 0 Å². The van der Waals surface area contributed by atoms with Crippen LogP contribution < -0.4 is 5.32 Å². The van der Waals surface area contributed by atoms with E-state index >= 15 is 0 Å². The number of carbonyl (C=O) groups is 1. The number of aromatic nitrogens is 4. The van der Waals surface area contributed by atoms with Gasteiger partial charge in [-0.3, -0.25) is 9.48 Å². The number of amides is 1. The summed E-state index contributed by atoms with van der Waals surface area (Å²) in [7, 11) is 0. The van der Waals surface area contributed by atoms with Crippen molar-refractivity contribution in [2.75, 3.05) is 6.54 Å². The smallest absolute Gasteiger partial charge is 0.271 e. The van der Waals surface area contributed by atoms with Crippen molar-refractivity contribution < 1.29 is 4.79 Å². The van der Waals surface area contributed by atoms with Gasteiger partial charge in [0.25, 0.3) is 5.91 Å². The van der Waals surface area contributed by atoms with Crippen molar-refractivity contribution in [3.8, 4) is 0 Å². The van der Waals surface area contributed by atoms with Crippen molar-refractivity contribution in [3.05, 3.63) is 34.4 Å². The van der Waals surface area contributed by atoms with Gasteiger partial charge < -0.3 is 5.32 Å². The molecule has 0 unspecified atom stereocenters. The van der Waals surface area contributed by atoms with Crippen molar-refractivity contribution in [2.24, 2.45) is 5.92 Å². The molecule has 1 amide bonds. The van der Waals surface area contributed by atoms with E-state index in [1.807, 2.05) is 13.8 Å². The Hall–Kier alpha value is -1.82. The first kappa shape index (κ1) is 14.1. The van der Waals surface area contributed by atoms with E-state index in [1.54, 1.807) is 21.6 Å². The molecule has 3 rings (SSSR count). The van der Waals surface area contributed by atoms with E-state index in [9.17, 15) is 4.79 Å². The summed E-state index contributed by atoms with van der Waals surface area (Å²) in [6, 6.07) is 1.72. The standard InChI is InChI=1S/C14H18ClN5O/c1-9-13(15)10(2)20(17-9)8-19-6-5-12(18-19)14(21)16-7-11-3-4-11/h5-6,11H,3-4,7-8H2,1-2H3,(H,16,21). The Morgan fingerprint density at radius 2 is 2.19 bits per heavy atom. The van der Waals surface area contributed by atoms with Crippen LogP contribution in [0.1, 0.15) is 34.7 Å². The van der Waals surface area contributed by atoms with Crippen LogP contribution in [0.3, 0.4) is 0 Å². The summed E-state index contributed by atoms with van der Waals surface area (Å²) in [6.45, 7) is 4.97. The fraction of sp³-hybridized carbons (Fsp3) is 0.500. The molecular formula is C14H18ClN5O. The molecule has 2 heterocycles. The van der Waals surface area contributed by atoms with Gasteiger partial charge >= 0.3 is 0 Å². The third kappa shape index (κ3) is 3.10. The second kappa shape index (κ2) is 5.52. The summed E-state index contributed by atoms with van der Waals surface area (Å²) in [6.07, 6.45) is 4.21. The third-order valence-corrected chi connectivity index (χ3v) is 4.24. The highest BCUT2D eigenvalue weighted by Crippen LogP contribution is 2.27. The Morgan fingerprint density at radius 1 is 1.43 bits per heavy atom. The Labute approximate surface area is 128 Å². The summed E-state index contributed by atoms with van der Waals surface area (Å²) in [5.74, 6) is 0.542. The normalized spacial score (nSPS) is 14.4. The Bertz CT molecular complexity index is 671. The quantitative estimate of drug-likeness (QED) is 0.919. The second-order valence-corrected chi connectivity index (χ2v) is 5.90. The van der Waals surface area contributed by atoms with Crippen molar-refractivity contribution >= 4 is 17.5 Å². The molecular weight excluding hydrogens is 290 g/mol. The number of halogens is 1. The zero-order valence-corrected chi connectivity index (χ0v) is 12.9. The van der Waals surface area contributed by atoms with Gasteiger partial charge in [-0.2, -0.15) is 10.2 Å². The molecule has 0 atom stereocenters. The zero-order valence-electron chi connectivity index (χ0n) is 12.1. The van der Waals surface area contributed by atoms with Crippen molar-refractivity contribution in [2.45, 2.75) is 33.4 Å². The number of hydrogen-bond acceptors (Lipinski definition) is 3. The molecule has 1 aliphatic rings. The van der Waals surface area contributed by atoms with E-state index in [4.69, 9.17) is 11.6 Å². The highest BCUT2D eigenvalue weighted by molar-refractivity contribution is 6.31. The molecule has 1 N–H and O–H groups in total. The predicted molar refractivity (Wildman–Crippen MR) is 79.4 cm³/mol. The van der Waals surface area contributed by atoms with Gasteiger partial charge in [-0.05, 0) is 38.7 Å². The van der Waals surface area contributed by atoms with E-state index < -0.39 is 0 Å². The lowest BCUT2D eigenvalue weighted by Crippen LogP contribution is -2.26. The molecule has 0 radical (unpaired) electrons. The molecule has 0 spiro atoms. The van der Waals surface area contributed by atoms with Crippen LogP contribution >= 0.6 is 11.6 Å². The van der Waals surface area contributed by atoms with Crippen LogP contribution in [0, 0.1) is 19.8 Å². The summed E-state index contributed by atoms with van der Waals surface area (Å²) in [5.41, 5.74) is 2.12. The first-order valence-corrected chi connectivity index (χ1v) is 7.43. The number of rotatable bonds is 5. The summed E-state index contributed by atoms with van der Waals surface area (Å²) in [4.78, 5) is 11.9. The highest BCUT2D eigenvalue weighted by Gasteiger charge is 2.22. The molecule has 1 fully saturated rings.